The molecule has 0 unspecified atom stereocenters. The molecule has 0 bridgehead atoms. The third-order valence-corrected chi connectivity index (χ3v) is 5.79. The Morgan fingerprint density at radius 3 is 2.35 bits per heavy atom. The predicted molar refractivity (Wildman–Crippen MR) is 129 cm³/mol. The van der Waals surface area contributed by atoms with Crippen LogP contribution >= 0.6 is 11.6 Å². The molecular formula is C26H29ClN2O5. The summed E-state index contributed by atoms with van der Waals surface area (Å²) in [6, 6.07) is 14.4. The number of nitrogens with zero attached hydrogens (tertiary/aromatic N) is 2. The molecule has 2 aromatic carbocycles. The molecule has 180 valence electrons. The number of imidazole rings is 1. The van der Waals surface area contributed by atoms with Crippen LogP contribution in [0.1, 0.15) is 63.1 Å². The lowest BCUT2D eigenvalue weighted by Crippen LogP contribution is -2.11. The van der Waals surface area contributed by atoms with Crippen LogP contribution in [0.2, 0.25) is 5.15 Å². The van der Waals surface area contributed by atoms with Gasteiger partial charge in [-0.15, -0.1) is 0 Å². The molecule has 0 amide bonds. The van der Waals surface area contributed by atoms with Gasteiger partial charge in [0.2, 0.25) is 0 Å². The SMILES string of the molecule is CCCCc1nc(Cl)c(COCc2ccccc2C(=O)OC)n1Cc1ccc(C(=O)OC)cc1. The highest BCUT2D eigenvalue weighted by molar-refractivity contribution is 6.30. The van der Waals surface area contributed by atoms with Crippen LogP contribution in [0.3, 0.4) is 0 Å². The van der Waals surface area contributed by atoms with Gasteiger partial charge in [0, 0.05) is 13.0 Å². The van der Waals surface area contributed by atoms with E-state index in [1.165, 1.54) is 14.2 Å². The number of benzene rings is 2. The van der Waals surface area contributed by atoms with Crippen molar-refractivity contribution in [2.75, 3.05) is 14.2 Å². The van der Waals surface area contributed by atoms with Gasteiger partial charge in [0.05, 0.1) is 44.3 Å². The zero-order valence-electron chi connectivity index (χ0n) is 19.7. The van der Waals surface area contributed by atoms with Crippen LogP contribution in [-0.4, -0.2) is 35.7 Å². The minimum Gasteiger partial charge on any atom is -0.465 e. The molecule has 0 aliphatic rings. The Kier molecular flexibility index (Phi) is 9.24. The second kappa shape index (κ2) is 12.3. The first-order valence-electron chi connectivity index (χ1n) is 11.1. The Bertz CT molecular complexity index is 1120. The molecule has 3 rings (SSSR count). The van der Waals surface area contributed by atoms with Gasteiger partial charge < -0.3 is 18.8 Å². The van der Waals surface area contributed by atoms with Crippen molar-refractivity contribution in [1.29, 1.82) is 0 Å². The molecule has 1 heterocycles. The first kappa shape index (κ1) is 25.5. The van der Waals surface area contributed by atoms with Crippen molar-refractivity contribution in [2.24, 2.45) is 0 Å². The van der Waals surface area contributed by atoms with Crippen molar-refractivity contribution in [1.82, 2.24) is 9.55 Å². The smallest absolute Gasteiger partial charge is 0.338 e. The van der Waals surface area contributed by atoms with Gasteiger partial charge in [-0.3, -0.25) is 0 Å². The average Bonchev–Trinajstić information content (AvgIpc) is 3.16. The monoisotopic (exact) mass is 484 g/mol. The van der Waals surface area contributed by atoms with E-state index in [0.717, 1.165) is 41.9 Å². The minimum absolute atomic E-state index is 0.227. The van der Waals surface area contributed by atoms with E-state index in [4.69, 9.17) is 25.8 Å². The summed E-state index contributed by atoms with van der Waals surface area (Å²) in [4.78, 5) is 28.3. The normalized spacial score (nSPS) is 10.8. The number of carbonyl (C=O) groups excluding carboxylic acids is 2. The number of rotatable bonds is 11. The zero-order chi connectivity index (χ0) is 24.5. The number of aromatic nitrogens is 2. The number of ether oxygens (including phenoxy) is 3. The van der Waals surface area contributed by atoms with Crippen LogP contribution in [0.25, 0.3) is 0 Å². The molecule has 0 radical (unpaired) electrons. The van der Waals surface area contributed by atoms with Crippen molar-refractivity contribution in [3.05, 3.63) is 87.5 Å². The van der Waals surface area contributed by atoms with Gasteiger partial charge >= 0.3 is 11.9 Å². The van der Waals surface area contributed by atoms with Gasteiger partial charge in [-0.2, -0.15) is 0 Å². The van der Waals surface area contributed by atoms with Gasteiger partial charge in [-0.1, -0.05) is 55.3 Å². The Balaban J connectivity index is 1.80. The first-order valence-corrected chi connectivity index (χ1v) is 11.5. The summed E-state index contributed by atoms with van der Waals surface area (Å²) in [6.07, 6.45) is 2.82. The average molecular weight is 485 g/mol. The highest BCUT2D eigenvalue weighted by Crippen LogP contribution is 2.23. The summed E-state index contributed by atoms with van der Waals surface area (Å²) in [6.45, 7) is 3.12. The molecule has 8 heteroatoms. The molecule has 3 aromatic rings. The van der Waals surface area contributed by atoms with Crippen molar-refractivity contribution < 1.29 is 23.8 Å². The summed E-state index contributed by atoms with van der Waals surface area (Å²) >= 11 is 6.52. The van der Waals surface area contributed by atoms with Crippen molar-refractivity contribution >= 4 is 23.5 Å². The standard InChI is InChI=1S/C26H29ClN2O5/c1-4-5-10-23-28-24(27)22(17-34-16-20-8-6-7-9-21(20)26(31)33-3)29(23)15-18-11-13-19(14-12-18)25(30)32-2/h6-9,11-14H,4-5,10,15-17H2,1-3H3. The lowest BCUT2D eigenvalue weighted by Gasteiger charge is -2.14. The van der Waals surface area contributed by atoms with Gasteiger partial charge in [-0.25, -0.2) is 14.6 Å². The molecule has 0 saturated heterocycles. The van der Waals surface area contributed by atoms with Crippen molar-refractivity contribution in [3.8, 4) is 0 Å². The Hall–Kier alpha value is -3.16. The van der Waals surface area contributed by atoms with E-state index in [1.807, 2.05) is 24.3 Å². The fourth-order valence-corrected chi connectivity index (χ4v) is 3.87. The number of halogens is 1. The molecule has 1 aromatic heterocycles. The third-order valence-electron chi connectivity index (χ3n) is 5.49. The number of aryl methyl sites for hydroxylation is 1. The third kappa shape index (κ3) is 6.24. The lowest BCUT2D eigenvalue weighted by atomic mass is 10.1. The van der Waals surface area contributed by atoms with E-state index in [0.29, 0.717) is 22.8 Å². The van der Waals surface area contributed by atoms with E-state index in [-0.39, 0.29) is 19.2 Å². The van der Waals surface area contributed by atoms with E-state index in [1.54, 1.807) is 24.3 Å². The van der Waals surface area contributed by atoms with Crippen LogP contribution in [0, 0.1) is 0 Å². The highest BCUT2D eigenvalue weighted by Gasteiger charge is 2.18. The number of hydrogen-bond acceptors (Lipinski definition) is 6. The van der Waals surface area contributed by atoms with E-state index >= 15 is 0 Å². The molecule has 34 heavy (non-hydrogen) atoms. The van der Waals surface area contributed by atoms with Crippen LogP contribution in [0.5, 0.6) is 0 Å². The number of methoxy groups -OCH3 is 2. The number of esters is 2. The lowest BCUT2D eigenvalue weighted by molar-refractivity contribution is 0.0584. The topological polar surface area (TPSA) is 79.7 Å². The molecule has 0 fully saturated rings. The molecule has 0 aliphatic heterocycles. The summed E-state index contributed by atoms with van der Waals surface area (Å²) in [5.74, 6) is 0.110. The molecular weight excluding hydrogens is 456 g/mol. The molecule has 0 N–H and O–H groups in total. The van der Waals surface area contributed by atoms with Crippen LogP contribution in [0.15, 0.2) is 48.5 Å². The molecule has 7 nitrogen and oxygen atoms in total. The summed E-state index contributed by atoms with van der Waals surface area (Å²) < 4.78 is 17.7. The Morgan fingerprint density at radius 2 is 1.68 bits per heavy atom. The second-order valence-electron chi connectivity index (χ2n) is 7.79. The predicted octanol–water partition coefficient (Wildman–Crippen LogP) is 5.22. The van der Waals surface area contributed by atoms with E-state index < -0.39 is 5.97 Å². The maximum absolute atomic E-state index is 12.0. The van der Waals surface area contributed by atoms with Crippen molar-refractivity contribution in [3.63, 3.8) is 0 Å². The quantitative estimate of drug-likeness (QED) is 0.347. The second-order valence-corrected chi connectivity index (χ2v) is 8.14. The van der Waals surface area contributed by atoms with Gasteiger partial charge in [0.15, 0.2) is 5.15 Å². The van der Waals surface area contributed by atoms with Crippen molar-refractivity contribution in [2.45, 2.75) is 45.9 Å². The molecule has 0 aliphatic carbocycles. The highest BCUT2D eigenvalue weighted by atomic mass is 35.5. The number of hydrogen-bond donors (Lipinski definition) is 0. The fraction of sp³-hybridized carbons (Fsp3) is 0.346. The number of carbonyl (C=O) groups is 2. The minimum atomic E-state index is -0.403. The van der Waals surface area contributed by atoms with Gasteiger partial charge in [-0.05, 0) is 35.7 Å². The maximum Gasteiger partial charge on any atom is 0.338 e. The maximum atomic E-state index is 12.0. The molecule has 0 spiro atoms. The Morgan fingerprint density at radius 1 is 0.971 bits per heavy atom. The summed E-state index contributed by atoms with van der Waals surface area (Å²) in [5.41, 5.74) is 3.46. The first-order chi connectivity index (χ1) is 16.5. The van der Waals surface area contributed by atoms with Gasteiger partial charge in [0.25, 0.3) is 0 Å². The molecule has 0 saturated carbocycles. The zero-order valence-corrected chi connectivity index (χ0v) is 20.4. The summed E-state index contributed by atoms with van der Waals surface area (Å²) in [5, 5.41) is 0.401. The molecule has 0 atom stereocenters. The number of unbranched alkanes of at least 4 members (excludes halogenated alkanes) is 1. The van der Waals surface area contributed by atoms with E-state index in [9.17, 15) is 9.59 Å². The fourth-order valence-electron chi connectivity index (χ4n) is 3.61. The van der Waals surface area contributed by atoms with Crippen LogP contribution in [0.4, 0.5) is 0 Å². The van der Waals surface area contributed by atoms with Crippen LogP contribution < -0.4 is 0 Å². The largest absolute Gasteiger partial charge is 0.465 e. The Labute approximate surface area is 204 Å². The van der Waals surface area contributed by atoms with Crippen LogP contribution in [-0.2, 0) is 40.4 Å². The summed E-state index contributed by atoms with van der Waals surface area (Å²) in [7, 11) is 2.72. The van der Waals surface area contributed by atoms with E-state index in [2.05, 4.69) is 16.5 Å². The van der Waals surface area contributed by atoms with Gasteiger partial charge in [0.1, 0.15) is 5.82 Å².